The SMILES string of the molecule is CCCCCCCCCCCCN=NC1(OCCOCCO)C=CC=CC1. The summed E-state index contributed by atoms with van der Waals surface area (Å²) in [6.45, 7) is 4.29. The van der Waals surface area contributed by atoms with Crippen LogP contribution in [-0.2, 0) is 9.47 Å². The molecule has 156 valence electrons. The Morgan fingerprint density at radius 3 is 2.22 bits per heavy atom. The zero-order valence-corrected chi connectivity index (χ0v) is 17.3. The molecule has 1 aliphatic rings. The fraction of sp³-hybridized carbons (Fsp3) is 0.818. The van der Waals surface area contributed by atoms with Crippen LogP contribution in [0.3, 0.4) is 0 Å². The first-order valence-corrected chi connectivity index (χ1v) is 10.9. The number of aliphatic hydroxyl groups is 1. The molecule has 0 saturated carbocycles. The quantitative estimate of drug-likeness (QED) is 0.249. The molecule has 0 aromatic carbocycles. The van der Waals surface area contributed by atoms with E-state index >= 15 is 0 Å². The van der Waals surface area contributed by atoms with Crippen molar-refractivity contribution in [3.8, 4) is 0 Å². The van der Waals surface area contributed by atoms with Crippen molar-refractivity contribution in [1.82, 2.24) is 0 Å². The van der Waals surface area contributed by atoms with Gasteiger partial charge in [-0.05, 0) is 12.5 Å². The van der Waals surface area contributed by atoms with Crippen LogP contribution in [0.4, 0.5) is 0 Å². The van der Waals surface area contributed by atoms with E-state index in [0.717, 1.165) is 13.0 Å². The fourth-order valence-corrected chi connectivity index (χ4v) is 3.08. The molecule has 0 fully saturated rings. The molecular formula is C22H40N2O3. The normalized spacial score (nSPS) is 19.3. The van der Waals surface area contributed by atoms with Gasteiger partial charge in [0.15, 0.2) is 0 Å². The van der Waals surface area contributed by atoms with Crippen molar-refractivity contribution in [3.63, 3.8) is 0 Å². The van der Waals surface area contributed by atoms with Gasteiger partial charge in [-0.25, -0.2) is 0 Å². The third kappa shape index (κ3) is 12.9. The highest BCUT2D eigenvalue weighted by Gasteiger charge is 2.27. The largest absolute Gasteiger partial charge is 0.394 e. The Morgan fingerprint density at radius 2 is 1.59 bits per heavy atom. The van der Waals surface area contributed by atoms with Crippen LogP contribution >= 0.6 is 0 Å². The van der Waals surface area contributed by atoms with E-state index in [9.17, 15) is 0 Å². The lowest BCUT2D eigenvalue weighted by atomic mass is 10.1. The van der Waals surface area contributed by atoms with Crippen LogP contribution in [0.1, 0.15) is 77.6 Å². The molecule has 1 rings (SSSR count). The average molecular weight is 381 g/mol. The molecule has 5 heteroatoms. The number of ether oxygens (including phenoxy) is 2. The summed E-state index contributed by atoms with van der Waals surface area (Å²) in [5.74, 6) is 0. The first kappa shape index (κ1) is 24.0. The number of hydrogen-bond acceptors (Lipinski definition) is 5. The van der Waals surface area contributed by atoms with Crippen molar-refractivity contribution < 1.29 is 14.6 Å². The second kappa shape index (κ2) is 17.1. The van der Waals surface area contributed by atoms with Gasteiger partial charge in [0.1, 0.15) is 0 Å². The first-order chi connectivity index (χ1) is 13.3. The van der Waals surface area contributed by atoms with Crippen LogP contribution in [-0.4, -0.2) is 43.8 Å². The molecule has 0 aliphatic heterocycles. The molecule has 5 nitrogen and oxygen atoms in total. The van der Waals surface area contributed by atoms with E-state index in [1.54, 1.807) is 0 Å². The van der Waals surface area contributed by atoms with Crippen molar-refractivity contribution in [2.75, 3.05) is 33.0 Å². The van der Waals surface area contributed by atoms with E-state index in [2.05, 4.69) is 17.2 Å². The summed E-state index contributed by atoms with van der Waals surface area (Å²) in [5, 5.41) is 17.6. The zero-order chi connectivity index (χ0) is 19.5. The first-order valence-electron chi connectivity index (χ1n) is 10.9. The Labute approximate surface area is 165 Å². The van der Waals surface area contributed by atoms with Crippen LogP contribution in [0.5, 0.6) is 0 Å². The van der Waals surface area contributed by atoms with Gasteiger partial charge in [-0.15, -0.1) is 0 Å². The molecular weight excluding hydrogens is 340 g/mol. The summed E-state index contributed by atoms with van der Waals surface area (Å²) >= 11 is 0. The number of aliphatic hydroxyl groups excluding tert-OH is 1. The van der Waals surface area contributed by atoms with E-state index in [4.69, 9.17) is 14.6 Å². The van der Waals surface area contributed by atoms with Crippen LogP contribution in [0.2, 0.25) is 0 Å². The molecule has 0 aromatic rings. The number of hydrogen-bond donors (Lipinski definition) is 1. The minimum Gasteiger partial charge on any atom is -0.394 e. The maximum absolute atomic E-state index is 8.72. The summed E-state index contributed by atoms with van der Waals surface area (Å²) in [6, 6.07) is 0. The minimum atomic E-state index is -0.685. The Hall–Kier alpha value is -1.04. The molecule has 1 aliphatic carbocycles. The summed E-state index contributed by atoms with van der Waals surface area (Å²) in [4.78, 5) is 0. The number of unbranched alkanes of at least 4 members (excludes halogenated alkanes) is 9. The summed E-state index contributed by atoms with van der Waals surface area (Å²) in [7, 11) is 0. The molecule has 0 radical (unpaired) electrons. The molecule has 0 aromatic heterocycles. The maximum Gasteiger partial charge on any atom is 0.201 e. The molecule has 27 heavy (non-hydrogen) atoms. The van der Waals surface area contributed by atoms with Crippen molar-refractivity contribution in [2.24, 2.45) is 10.2 Å². The van der Waals surface area contributed by atoms with Gasteiger partial charge in [-0.3, -0.25) is 0 Å². The molecule has 1 unspecified atom stereocenters. The van der Waals surface area contributed by atoms with Gasteiger partial charge >= 0.3 is 0 Å². The van der Waals surface area contributed by atoms with Crippen LogP contribution in [0.15, 0.2) is 34.5 Å². The van der Waals surface area contributed by atoms with E-state index in [0.29, 0.717) is 26.2 Å². The Morgan fingerprint density at radius 1 is 0.889 bits per heavy atom. The number of nitrogens with zero attached hydrogens (tertiary/aromatic N) is 2. The summed E-state index contributed by atoms with van der Waals surface area (Å²) in [6.07, 6.45) is 21.9. The lowest BCUT2D eigenvalue weighted by Crippen LogP contribution is -2.30. The Balaban J connectivity index is 2.10. The zero-order valence-electron chi connectivity index (χ0n) is 17.3. The summed E-state index contributed by atoms with van der Waals surface area (Å²) in [5.41, 5.74) is -0.685. The second-order valence-corrected chi connectivity index (χ2v) is 7.17. The molecule has 0 heterocycles. The van der Waals surface area contributed by atoms with Crippen LogP contribution < -0.4 is 0 Å². The van der Waals surface area contributed by atoms with Gasteiger partial charge in [0, 0.05) is 6.42 Å². The monoisotopic (exact) mass is 380 g/mol. The molecule has 0 saturated heterocycles. The molecule has 0 spiro atoms. The smallest absolute Gasteiger partial charge is 0.201 e. The average Bonchev–Trinajstić information content (AvgIpc) is 2.69. The molecule has 0 amide bonds. The number of rotatable bonds is 18. The lowest BCUT2D eigenvalue weighted by Gasteiger charge is -2.26. The van der Waals surface area contributed by atoms with Gasteiger partial charge in [-0.1, -0.05) is 82.9 Å². The Bertz CT molecular complexity index is 424. The van der Waals surface area contributed by atoms with Crippen molar-refractivity contribution in [1.29, 1.82) is 0 Å². The number of azo groups is 1. The molecule has 1 atom stereocenters. The van der Waals surface area contributed by atoms with Gasteiger partial charge < -0.3 is 14.6 Å². The standard InChI is InChI=1S/C22H40N2O3/c1-2-3-4-5-6-7-8-9-10-14-17-23-24-22(15-12-11-13-16-22)27-21-20-26-19-18-25/h11-13,15,25H,2-10,14,16-21H2,1H3. The highest BCUT2D eigenvalue weighted by atomic mass is 16.5. The van der Waals surface area contributed by atoms with Crippen molar-refractivity contribution in [2.45, 2.75) is 83.3 Å². The van der Waals surface area contributed by atoms with E-state index in [-0.39, 0.29) is 6.61 Å². The highest BCUT2D eigenvalue weighted by Crippen LogP contribution is 2.24. The topological polar surface area (TPSA) is 63.4 Å². The third-order valence-corrected chi connectivity index (χ3v) is 4.68. The third-order valence-electron chi connectivity index (χ3n) is 4.68. The summed E-state index contributed by atoms with van der Waals surface area (Å²) < 4.78 is 11.2. The Kier molecular flexibility index (Phi) is 15.2. The lowest BCUT2D eigenvalue weighted by molar-refractivity contribution is -0.0404. The predicted octanol–water partition coefficient (Wildman–Crippen LogP) is 5.60. The van der Waals surface area contributed by atoms with E-state index in [1.807, 2.05) is 24.3 Å². The van der Waals surface area contributed by atoms with Gasteiger partial charge in [0.25, 0.3) is 0 Å². The fourth-order valence-electron chi connectivity index (χ4n) is 3.08. The maximum atomic E-state index is 8.72. The molecule has 1 N–H and O–H groups in total. The number of allylic oxidation sites excluding steroid dienone is 2. The predicted molar refractivity (Wildman–Crippen MR) is 111 cm³/mol. The van der Waals surface area contributed by atoms with Gasteiger partial charge in [-0.2, -0.15) is 10.2 Å². The van der Waals surface area contributed by atoms with E-state index < -0.39 is 5.72 Å². The minimum absolute atomic E-state index is 0.0341. The van der Waals surface area contributed by atoms with Crippen molar-refractivity contribution in [3.05, 3.63) is 24.3 Å². The van der Waals surface area contributed by atoms with Crippen LogP contribution in [0, 0.1) is 0 Å². The van der Waals surface area contributed by atoms with Crippen molar-refractivity contribution >= 4 is 0 Å². The van der Waals surface area contributed by atoms with E-state index in [1.165, 1.54) is 57.8 Å². The second-order valence-electron chi connectivity index (χ2n) is 7.17. The van der Waals surface area contributed by atoms with Gasteiger partial charge in [0.2, 0.25) is 5.72 Å². The highest BCUT2D eigenvalue weighted by molar-refractivity contribution is 5.17. The van der Waals surface area contributed by atoms with Crippen LogP contribution in [0.25, 0.3) is 0 Å². The molecule has 0 bridgehead atoms. The van der Waals surface area contributed by atoms with Gasteiger partial charge in [0.05, 0.1) is 33.0 Å².